The first-order valence-corrected chi connectivity index (χ1v) is 8.42. The van der Waals surface area contributed by atoms with Crippen LogP contribution in [0.2, 0.25) is 0 Å². The van der Waals surface area contributed by atoms with Gasteiger partial charge >= 0.3 is 0 Å². The highest BCUT2D eigenvalue weighted by Gasteiger charge is 2.14. The zero-order valence-corrected chi connectivity index (χ0v) is 15.6. The van der Waals surface area contributed by atoms with Gasteiger partial charge in [-0.25, -0.2) is 0 Å². The van der Waals surface area contributed by atoms with E-state index in [1.807, 2.05) is 56.3 Å². The van der Waals surface area contributed by atoms with Crippen LogP contribution in [0.3, 0.4) is 0 Å². The minimum Gasteiger partial charge on any atom is -0.326 e. The molecule has 0 atom stereocenters. The van der Waals surface area contributed by atoms with E-state index in [1.54, 1.807) is 0 Å². The van der Waals surface area contributed by atoms with E-state index < -0.39 is 0 Å². The summed E-state index contributed by atoms with van der Waals surface area (Å²) in [7, 11) is 0. The molecule has 25 heavy (non-hydrogen) atoms. The van der Waals surface area contributed by atoms with Gasteiger partial charge in [-0.1, -0.05) is 39.0 Å². The molecule has 0 saturated carbocycles. The summed E-state index contributed by atoms with van der Waals surface area (Å²) in [5.41, 5.74) is 4.80. The van der Waals surface area contributed by atoms with E-state index in [0.29, 0.717) is 11.4 Å². The van der Waals surface area contributed by atoms with Crippen LogP contribution in [-0.2, 0) is 15.0 Å². The van der Waals surface area contributed by atoms with Crippen molar-refractivity contribution in [1.82, 2.24) is 0 Å². The molecule has 0 unspecified atom stereocenters. The molecule has 0 spiro atoms. The van der Waals surface area contributed by atoms with Crippen molar-refractivity contribution < 1.29 is 9.59 Å². The second kappa shape index (κ2) is 7.51. The van der Waals surface area contributed by atoms with Gasteiger partial charge < -0.3 is 10.6 Å². The number of rotatable bonds is 4. The lowest BCUT2D eigenvalue weighted by Gasteiger charge is -2.19. The fourth-order valence-corrected chi connectivity index (χ4v) is 2.66. The Morgan fingerprint density at radius 3 is 1.76 bits per heavy atom. The molecule has 2 N–H and O–H groups in total. The van der Waals surface area contributed by atoms with Crippen LogP contribution in [0.15, 0.2) is 42.5 Å². The Labute approximate surface area is 149 Å². The topological polar surface area (TPSA) is 58.2 Å². The van der Waals surface area contributed by atoms with Crippen LogP contribution >= 0.6 is 0 Å². The fraction of sp³-hybridized carbons (Fsp3) is 0.333. The Morgan fingerprint density at radius 2 is 1.28 bits per heavy atom. The summed E-state index contributed by atoms with van der Waals surface area (Å²) in [6.45, 7) is 10.3. The smallest absolute Gasteiger partial charge is 0.233 e. The molecule has 0 saturated heterocycles. The maximum atomic E-state index is 12.1. The van der Waals surface area contributed by atoms with Gasteiger partial charge in [0.15, 0.2) is 0 Å². The first kappa shape index (κ1) is 18.7. The Bertz CT molecular complexity index is 751. The van der Waals surface area contributed by atoms with E-state index in [2.05, 4.69) is 31.4 Å². The van der Waals surface area contributed by atoms with Gasteiger partial charge in [-0.2, -0.15) is 0 Å². The number of carbonyl (C=O) groups is 2. The van der Waals surface area contributed by atoms with Crippen molar-refractivity contribution in [2.45, 2.75) is 46.5 Å². The van der Waals surface area contributed by atoms with Crippen LogP contribution in [-0.4, -0.2) is 11.8 Å². The lowest BCUT2D eigenvalue weighted by Crippen LogP contribution is -2.21. The number of benzene rings is 2. The maximum Gasteiger partial charge on any atom is 0.233 e. The fourth-order valence-electron chi connectivity index (χ4n) is 2.66. The van der Waals surface area contributed by atoms with Crippen molar-refractivity contribution >= 4 is 23.2 Å². The molecule has 0 aliphatic heterocycles. The van der Waals surface area contributed by atoms with E-state index in [1.165, 1.54) is 5.56 Å². The predicted octanol–water partition coefficient (Wildman–Crippen LogP) is 4.57. The minimum atomic E-state index is -0.328. The van der Waals surface area contributed by atoms with Crippen molar-refractivity contribution in [1.29, 1.82) is 0 Å². The van der Waals surface area contributed by atoms with Gasteiger partial charge in [0.2, 0.25) is 11.8 Å². The van der Waals surface area contributed by atoms with Crippen molar-refractivity contribution in [2.24, 2.45) is 0 Å². The average Bonchev–Trinajstić information content (AvgIpc) is 2.45. The van der Waals surface area contributed by atoms with E-state index in [4.69, 9.17) is 0 Å². The summed E-state index contributed by atoms with van der Waals surface area (Å²) in [4.78, 5) is 24.1. The monoisotopic (exact) mass is 338 g/mol. The normalized spacial score (nSPS) is 11.1. The van der Waals surface area contributed by atoms with Crippen LogP contribution in [0, 0.1) is 13.8 Å². The van der Waals surface area contributed by atoms with Gasteiger partial charge in [0.05, 0.1) is 0 Å². The zero-order valence-electron chi connectivity index (χ0n) is 15.6. The van der Waals surface area contributed by atoms with E-state index in [9.17, 15) is 9.59 Å². The molecule has 0 aromatic heterocycles. The molecule has 0 radical (unpaired) electrons. The molecule has 2 aromatic carbocycles. The van der Waals surface area contributed by atoms with E-state index in [0.717, 1.165) is 11.1 Å². The Kier molecular flexibility index (Phi) is 5.62. The summed E-state index contributed by atoms with van der Waals surface area (Å²) in [6, 6.07) is 13.5. The average molecular weight is 338 g/mol. The molecular weight excluding hydrogens is 312 g/mol. The van der Waals surface area contributed by atoms with Crippen molar-refractivity contribution in [3.05, 3.63) is 59.2 Å². The standard InChI is InChI=1S/C21H26N2O2/c1-14-10-15(2)12-18(11-14)23-20(25)13-19(24)22-17-8-6-16(7-9-17)21(3,4)5/h6-12H,13H2,1-5H3,(H,22,24)(H,23,25). The van der Waals surface area contributed by atoms with Gasteiger partial charge in [-0.3, -0.25) is 9.59 Å². The zero-order chi connectivity index (χ0) is 18.6. The first-order valence-electron chi connectivity index (χ1n) is 8.42. The van der Waals surface area contributed by atoms with Crippen LogP contribution in [0.5, 0.6) is 0 Å². The SMILES string of the molecule is Cc1cc(C)cc(NC(=O)CC(=O)Nc2ccc(C(C)(C)C)cc2)c1. The molecule has 0 bridgehead atoms. The molecule has 0 aliphatic carbocycles. The highest BCUT2D eigenvalue weighted by atomic mass is 16.2. The number of amides is 2. The van der Waals surface area contributed by atoms with E-state index in [-0.39, 0.29) is 23.7 Å². The van der Waals surface area contributed by atoms with Gasteiger partial charge in [-0.05, 0) is 60.2 Å². The van der Waals surface area contributed by atoms with Gasteiger partial charge in [-0.15, -0.1) is 0 Å². The molecular formula is C21H26N2O2. The molecule has 132 valence electrons. The Hall–Kier alpha value is -2.62. The van der Waals surface area contributed by atoms with Gasteiger partial charge in [0.25, 0.3) is 0 Å². The number of carbonyl (C=O) groups excluding carboxylic acids is 2. The van der Waals surface area contributed by atoms with Gasteiger partial charge in [0, 0.05) is 11.4 Å². The summed E-state index contributed by atoms with van der Waals surface area (Å²) in [6.07, 6.45) is -0.214. The van der Waals surface area contributed by atoms with Crippen molar-refractivity contribution in [2.75, 3.05) is 10.6 Å². The van der Waals surface area contributed by atoms with Crippen LogP contribution in [0.1, 0.15) is 43.9 Å². The second-order valence-corrected chi connectivity index (χ2v) is 7.48. The van der Waals surface area contributed by atoms with E-state index >= 15 is 0 Å². The van der Waals surface area contributed by atoms with Crippen LogP contribution < -0.4 is 10.6 Å². The third kappa shape index (κ3) is 5.75. The summed E-state index contributed by atoms with van der Waals surface area (Å²) in [5.74, 6) is -0.654. The Morgan fingerprint density at radius 1 is 0.800 bits per heavy atom. The Balaban J connectivity index is 1.92. The number of anilines is 2. The molecule has 0 heterocycles. The molecule has 4 heteroatoms. The second-order valence-electron chi connectivity index (χ2n) is 7.48. The first-order chi connectivity index (χ1) is 11.6. The summed E-state index contributed by atoms with van der Waals surface area (Å²) >= 11 is 0. The quantitative estimate of drug-likeness (QED) is 0.802. The molecule has 0 aliphatic rings. The summed E-state index contributed by atoms with van der Waals surface area (Å²) in [5, 5.41) is 5.53. The maximum absolute atomic E-state index is 12.1. The lowest BCUT2D eigenvalue weighted by molar-refractivity contribution is -0.123. The third-order valence-electron chi connectivity index (χ3n) is 3.86. The molecule has 0 fully saturated rings. The van der Waals surface area contributed by atoms with Crippen molar-refractivity contribution in [3.8, 4) is 0 Å². The van der Waals surface area contributed by atoms with Crippen molar-refractivity contribution in [3.63, 3.8) is 0 Å². The largest absolute Gasteiger partial charge is 0.326 e. The minimum absolute atomic E-state index is 0.0639. The number of hydrogen-bond donors (Lipinski definition) is 2. The van der Waals surface area contributed by atoms with Crippen LogP contribution in [0.4, 0.5) is 11.4 Å². The number of hydrogen-bond acceptors (Lipinski definition) is 2. The molecule has 4 nitrogen and oxygen atoms in total. The summed E-state index contributed by atoms with van der Waals surface area (Å²) < 4.78 is 0. The predicted molar refractivity (Wildman–Crippen MR) is 103 cm³/mol. The third-order valence-corrected chi connectivity index (χ3v) is 3.86. The number of nitrogens with one attached hydrogen (secondary N) is 2. The lowest BCUT2D eigenvalue weighted by atomic mass is 9.87. The molecule has 2 aromatic rings. The highest BCUT2D eigenvalue weighted by Crippen LogP contribution is 2.23. The van der Waals surface area contributed by atoms with Gasteiger partial charge in [0.1, 0.15) is 6.42 Å². The van der Waals surface area contributed by atoms with Crippen LogP contribution in [0.25, 0.3) is 0 Å². The molecule has 2 amide bonds. The highest BCUT2D eigenvalue weighted by molar-refractivity contribution is 6.08. The number of aryl methyl sites for hydroxylation is 2. The molecule has 2 rings (SSSR count).